The Labute approximate surface area is 122 Å². The second-order valence-corrected chi connectivity index (χ2v) is 4.76. The minimum absolute atomic E-state index is 0.0285. The fraction of sp³-hybridized carbons (Fsp3) is 0.500. The second-order valence-electron chi connectivity index (χ2n) is 3.97. The molecule has 0 saturated heterocycles. The predicted molar refractivity (Wildman–Crippen MR) is 79.5 cm³/mol. The lowest BCUT2D eigenvalue weighted by Gasteiger charge is -2.22. The second kappa shape index (κ2) is 8.04. The largest absolute Gasteiger partial charge is 0.493 e. The van der Waals surface area contributed by atoms with E-state index in [4.69, 9.17) is 9.47 Å². The van der Waals surface area contributed by atoms with Gasteiger partial charge in [0.1, 0.15) is 0 Å². The molecule has 0 aliphatic heterocycles. The van der Waals surface area contributed by atoms with E-state index in [0.29, 0.717) is 23.6 Å². The van der Waals surface area contributed by atoms with Gasteiger partial charge in [0.15, 0.2) is 11.5 Å². The van der Waals surface area contributed by atoms with E-state index < -0.39 is 0 Å². The summed E-state index contributed by atoms with van der Waals surface area (Å²) in [5.41, 5.74) is 0.540. The SMILES string of the molecule is CCN(CCCBr)C(=O)c1cccc(OC)c1OC. The number of hydrogen-bond acceptors (Lipinski definition) is 3. The number of ether oxygens (including phenoxy) is 2. The normalized spacial score (nSPS) is 10.1. The average molecular weight is 330 g/mol. The van der Waals surface area contributed by atoms with E-state index in [1.807, 2.05) is 6.92 Å². The van der Waals surface area contributed by atoms with Gasteiger partial charge in [-0.25, -0.2) is 0 Å². The number of nitrogens with zero attached hydrogens (tertiary/aromatic N) is 1. The maximum atomic E-state index is 12.5. The van der Waals surface area contributed by atoms with Gasteiger partial charge in [0.25, 0.3) is 5.91 Å². The fourth-order valence-corrected chi connectivity index (χ4v) is 2.13. The molecule has 0 atom stereocenters. The van der Waals surface area contributed by atoms with Gasteiger partial charge in [-0.2, -0.15) is 0 Å². The summed E-state index contributed by atoms with van der Waals surface area (Å²) >= 11 is 3.38. The van der Waals surface area contributed by atoms with Crippen molar-refractivity contribution in [2.75, 3.05) is 32.6 Å². The van der Waals surface area contributed by atoms with E-state index in [1.165, 1.54) is 0 Å². The van der Waals surface area contributed by atoms with Crippen molar-refractivity contribution in [1.82, 2.24) is 4.90 Å². The van der Waals surface area contributed by atoms with Crippen LogP contribution in [0.15, 0.2) is 18.2 Å². The number of methoxy groups -OCH3 is 2. The van der Waals surface area contributed by atoms with E-state index in [2.05, 4.69) is 15.9 Å². The summed E-state index contributed by atoms with van der Waals surface area (Å²) < 4.78 is 10.5. The number of halogens is 1. The Hall–Kier alpha value is -1.23. The molecule has 0 heterocycles. The van der Waals surface area contributed by atoms with Crippen LogP contribution in [0.4, 0.5) is 0 Å². The topological polar surface area (TPSA) is 38.8 Å². The fourth-order valence-electron chi connectivity index (χ4n) is 1.88. The van der Waals surface area contributed by atoms with Crippen molar-refractivity contribution in [1.29, 1.82) is 0 Å². The quantitative estimate of drug-likeness (QED) is 0.722. The number of carbonyl (C=O) groups is 1. The molecule has 5 heteroatoms. The number of alkyl halides is 1. The molecule has 19 heavy (non-hydrogen) atoms. The minimum atomic E-state index is -0.0285. The van der Waals surface area contributed by atoms with Crippen LogP contribution in [-0.2, 0) is 0 Å². The number of carbonyl (C=O) groups excluding carboxylic acids is 1. The molecule has 0 bridgehead atoms. The smallest absolute Gasteiger partial charge is 0.257 e. The Morgan fingerprint density at radius 1 is 1.32 bits per heavy atom. The lowest BCUT2D eigenvalue weighted by atomic mass is 10.1. The minimum Gasteiger partial charge on any atom is -0.493 e. The molecular formula is C14H20BrNO3. The number of amides is 1. The Kier molecular flexibility index (Phi) is 6.70. The molecule has 0 fully saturated rings. The van der Waals surface area contributed by atoms with Crippen molar-refractivity contribution in [3.8, 4) is 11.5 Å². The number of hydrogen-bond donors (Lipinski definition) is 0. The molecule has 0 aromatic heterocycles. The molecule has 106 valence electrons. The zero-order chi connectivity index (χ0) is 14.3. The first-order valence-electron chi connectivity index (χ1n) is 6.25. The van der Waals surface area contributed by atoms with Gasteiger partial charge in [-0.3, -0.25) is 4.79 Å². The molecule has 1 rings (SSSR count). The van der Waals surface area contributed by atoms with Crippen LogP contribution in [0.2, 0.25) is 0 Å². The van der Waals surface area contributed by atoms with Crippen molar-refractivity contribution >= 4 is 21.8 Å². The van der Waals surface area contributed by atoms with Gasteiger partial charge < -0.3 is 14.4 Å². The van der Waals surface area contributed by atoms with Crippen LogP contribution < -0.4 is 9.47 Å². The van der Waals surface area contributed by atoms with Gasteiger partial charge in [0.05, 0.1) is 19.8 Å². The van der Waals surface area contributed by atoms with Gasteiger partial charge in [-0.15, -0.1) is 0 Å². The third-order valence-electron chi connectivity index (χ3n) is 2.86. The van der Waals surface area contributed by atoms with Gasteiger partial charge in [0, 0.05) is 18.4 Å². The third kappa shape index (κ3) is 3.86. The highest BCUT2D eigenvalue weighted by Gasteiger charge is 2.20. The molecule has 1 aromatic rings. The molecule has 1 aromatic carbocycles. The summed E-state index contributed by atoms with van der Waals surface area (Å²) in [6.45, 7) is 3.37. The maximum absolute atomic E-state index is 12.5. The summed E-state index contributed by atoms with van der Waals surface area (Å²) in [6, 6.07) is 5.35. The molecule has 4 nitrogen and oxygen atoms in total. The van der Waals surface area contributed by atoms with E-state index in [1.54, 1.807) is 37.3 Å². The lowest BCUT2D eigenvalue weighted by molar-refractivity contribution is 0.0761. The van der Waals surface area contributed by atoms with E-state index in [0.717, 1.165) is 18.3 Å². The van der Waals surface area contributed by atoms with E-state index in [-0.39, 0.29) is 5.91 Å². The summed E-state index contributed by atoms with van der Waals surface area (Å²) in [5, 5.41) is 0.881. The van der Waals surface area contributed by atoms with Gasteiger partial charge in [-0.1, -0.05) is 22.0 Å². The molecule has 0 saturated carbocycles. The highest BCUT2D eigenvalue weighted by Crippen LogP contribution is 2.31. The summed E-state index contributed by atoms with van der Waals surface area (Å²) in [6.07, 6.45) is 0.922. The van der Waals surface area contributed by atoms with Crippen molar-refractivity contribution < 1.29 is 14.3 Å². The first kappa shape index (κ1) is 15.8. The Balaban J connectivity index is 3.03. The van der Waals surface area contributed by atoms with Crippen LogP contribution >= 0.6 is 15.9 Å². The monoisotopic (exact) mass is 329 g/mol. The van der Waals surface area contributed by atoms with Crippen LogP contribution in [0, 0.1) is 0 Å². The van der Waals surface area contributed by atoms with Crippen LogP contribution in [0.1, 0.15) is 23.7 Å². The maximum Gasteiger partial charge on any atom is 0.257 e. The van der Waals surface area contributed by atoms with Crippen LogP contribution in [0.25, 0.3) is 0 Å². The molecular weight excluding hydrogens is 310 g/mol. The summed E-state index contributed by atoms with van der Waals surface area (Å²) in [5.74, 6) is 1.04. The van der Waals surface area contributed by atoms with Gasteiger partial charge in [0.2, 0.25) is 0 Å². The Bertz CT molecular complexity index is 423. The van der Waals surface area contributed by atoms with Crippen LogP contribution in [0.3, 0.4) is 0 Å². The summed E-state index contributed by atoms with van der Waals surface area (Å²) in [4.78, 5) is 14.3. The zero-order valence-electron chi connectivity index (χ0n) is 11.6. The Morgan fingerprint density at radius 2 is 2.05 bits per heavy atom. The molecule has 0 aliphatic carbocycles. The predicted octanol–water partition coefficient (Wildman–Crippen LogP) is 2.95. The number of rotatable bonds is 7. The Morgan fingerprint density at radius 3 is 2.58 bits per heavy atom. The lowest BCUT2D eigenvalue weighted by Crippen LogP contribution is -2.32. The molecule has 0 spiro atoms. The molecule has 1 amide bonds. The van der Waals surface area contributed by atoms with Crippen molar-refractivity contribution in [2.24, 2.45) is 0 Å². The molecule has 0 unspecified atom stereocenters. The highest BCUT2D eigenvalue weighted by molar-refractivity contribution is 9.09. The molecule has 0 radical (unpaired) electrons. The van der Waals surface area contributed by atoms with Crippen LogP contribution in [0.5, 0.6) is 11.5 Å². The number of para-hydroxylation sites is 1. The van der Waals surface area contributed by atoms with E-state index >= 15 is 0 Å². The molecule has 0 N–H and O–H groups in total. The standard InChI is InChI=1S/C14H20BrNO3/c1-4-16(10-6-9-15)14(17)11-7-5-8-12(18-2)13(11)19-3/h5,7-8H,4,6,9-10H2,1-3H3. The third-order valence-corrected chi connectivity index (χ3v) is 3.42. The van der Waals surface area contributed by atoms with Gasteiger partial charge in [-0.05, 0) is 25.5 Å². The van der Waals surface area contributed by atoms with Gasteiger partial charge >= 0.3 is 0 Å². The van der Waals surface area contributed by atoms with Crippen molar-refractivity contribution in [2.45, 2.75) is 13.3 Å². The van der Waals surface area contributed by atoms with E-state index in [9.17, 15) is 4.79 Å². The molecule has 0 aliphatic rings. The van der Waals surface area contributed by atoms with Crippen LogP contribution in [-0.4, -0.2) is 43.4 Å². The van der Waals surface area contributed by atoms with Crippen molar-refractivity contribution in [3.63, 3.8) is 0 Å². The first-order chi connectivity index (χ1) is 9.19. The number of benzene rings is 1. The average Bonchev–Trinajstić information content (AvgIpc) is 2.46. The highest BCUT2D eigenvalue weighted by atomic mass is 79.9. The first-order valence-corrected chi connectivity index (χ1v) is 7.37. The zero-order valence-corrected chi connectivity index (χ0v) is 13.2. The summed E-state index contributed by atoms with van der Waals surface area (Å²) in [7, 11) is 3.11. The van der Waals surface area contributed by atoms with Crippen molar-refractivity contribution in [3.05, 3.63) is 23.8 Å².